The van der Waals surface area contributed by atoms with Crippen molar-refractivity contribution in [3.63, 3.8) is 0 Å². The van der Waals surface area contributed by atoms with Crippen LogP contribution in [-0.2, 0) is 0 Å². The number of oxime groups is 1. The maximum absolute atomic E-state index is 8.63. The quantitative estimate of drug-likeness (QED) is 0.353. The first-order chi connectivity index (χ1) is 7.72. The highest BCUT2D eigenvalue weighted by molar-refractivity contribution is 6.30. The number of halogens is 1. The Balaban J connectivity index is 2.57. The first kappa shape index (κ1) is 10.4. The normalized spacial score (nSPS) is 11.7. The lowest BCUT2D eigenvalue weighted by atomic mass is 10.3. The van der Waals surface area contributed by atoms with E-state index >= 15 is 0 Å². The fourth-order valence-corrected chi connectivity index (χ4v) is 1.40. The van der Waals surface area contributed by atoms with Gasteiger partial charge in [0.25, 0.3) is 0 Å². The summed E-state index contributed by atoms with van der Waals surface area (Å²) in [6.07, 6.45) is 4.64. The van der Waals surface area contributed by atoms with Gasteiger partial charge in [0, 0.05) is 12.4 Å². The zero-order valence-electron chi connectivity index (χ0n) is 8.08. The smallest absolute Gasteiger partial charge is 0.190 e. The molecule has 0 aliphatic carbocycles. The molecule has 0 aliphatic heterocycles. The van der Waals surface area contributed by atoms with Gasteiger partial charge in [0.2, 0.25) is 0 Å². The van der Waals surface area contributed by atoms with E-state index in [1.807, 2.05) is 0 Å². The molecule has 82 valence electrons. The summed E-state index contributed by atoms with van der Waals surface area (Å²) >= 11 is 5.76. The number of hydrogen-bond acceptors (Lipinski definition) is 4. The van der Waals surface area contributed by atoms with Crippen LogP contribution in [0, 0.1) is 0 Å². The van der Waals surface area contributed by atoms with Crippen molar-refractivity contribution in [1.29, 1.82) is 0 Å². The Morgan fingerprint density at radius 2 is 2.38 bits per heavy atom. The van der Waals surface area contributed by atoms with Gasteiger partial charge in [-0.05, 0) is 12.1 Å². The Labute approximate surface area is 96.0 Å². The zero-order chi connectivity index (χ0) is 11.5. The van der Waals surface area contributed by atoms with Crippen molar-refractivity contribution in [3.05, 3.63) is 41.4 Å². The van der Waals surface area contributed by atoms with Crippen molar-refractivity contribution in [2.75, 3.05) is 0 Å². The average Bonchev–Trinajstić information content (AvgIpc) is 2.75. The van der Waals surface area contributed by atoms with Crippen molar-refractivity contribution in [2.45, 2.75) is 0 Å². The lowest BCUT2D eigenvalue weighted by Gasteiger charge is -2.06. The third-order valence-electron chi connectivity index (χ3n) is 1.93. The van der Waals surface area contributed by atoms with E-state index in [9.17, 15) is 0 Å². The summed E-state index contributed by atoms with van der Waals surface area (Å²) in [6, 6.07) is 3.46. The fourth-order valence-electron chi connectivity index (χ4n) is 1.26. The van der Waals surface area contributed by atoms with Crippen molar-refractivity contribution in [2.24, 2.45) is 10.9 Å². The summed E-state index contributed by atoms with van der Waals surface area (Å²) in [5.74, 6) is -0.0813. The second-order valence-corrected chi connectivity index (χ2v) is 3.40. The molecular formula is C9H8ClN5O. The predicted molar refractivity (Wildman–Crippen MR) is 58.9 cm³/mol. The van der Waals surface area contributed by atoms with Gasteiger partial charge in [0.1, 0.15) is 5.69 Å². The number of nitrogens with zero attached hydrogens (tertiary/aromatic N) is 4. The minimum Gasteiger partial charge on any atom is -0.409 e. The highest BCUT2D eigenvalue weighted by Gasteiger charge is 2.10. The van der Waals surface area contributed by atoms with Crippen LogP contribution in [0.25, 0.3) is 5.69 Å². The largest absolute Gasteiger partial charge is 0.409 e. The minimum atomic E-state index is -0.0813. The van der Waals surface area contributed by atoms with Crippen LogP contribution in [0.3, 0.4) is 0 Å². The van der Waals surface area contributed by atoms with Crippen molar-refractivity contribution >= 4 is 17.4 Å². The molecular weight excluding hydrogens is 230 g/mol. The van der Waals surface area contributed by atoms with Gasteiger partial charge in [-0.1, -0.05) is 16.8 Å². The Hall–Kier alpha value is -2.08. The van der Waals surface area contributed by atoms with Crippen LogP contribution >= 0.6 is 11.6 Å². The number of rotatable bonds is 2. The molecule has 2 aromatic rings. The molecule has 0 atom stereocenters. The molecule has 2 heterocycles. The fraction of sp³-hybridized carbons (Fsp3) is 0. The second kappa shape index (κ2) is 4.19. The molecule has 0 bridgehead atoms. The zero-order valence-corrected chi connectivity index (χ0v) is 8.83. The summed E-state index contributed by atoms with van der Waals surface area (Å²) in [7, 11) is 0. The topological polar surface area (TPSA) is 89.3 Å². The van der Waals surface area contributed by atoms with Crippen molar-refractivity contribution in [1.82, 2.24) is 14.8 Å². The highest BCUT2D eigenvalue weighted by Crippen LogP contribution is 2.14. The molecule has 2 aromatic heterocycles. The van der Waals surface area contributed by atoms with E-state index in [1.165, 1.54) is 10.9 Å². The van der Waals surface area contributed by atoms with E-state index in [2.05, 4.69) is 15.2 Å². The Morgan fingerprint density at radius 1 is 1.56 bits per heavy atom. The van der Waals surface area contributed by atoms with Crippen LogP contribution in [0.2, 0.25) is 5.02 Å². The van der Waals surface area contributed by atoms with Gasteiger partial charge < -0.3 is 10.9 Å². The Kier molecular flexibility index (Phi) is 2.74. The maximum atomic E-state index is 8.63. The van der Waals surface area contributed by atoms with Gasteiger partial charge >= 0.3 is 0 Å². The molecule has 0 aliphatic rings. The summed E-state index contributed by atoms with van der Waals surface area (Å²) in [6.45, 7) is 0. The molecule has 7 heteroatoms. The number of hydrogen-bond donors (Lipinski definition) is 2. The van der Waals surface area contributed by atoms with Crippen LogP contribution < -0.4 is 5.73 Å². The van der Waals surface area contributed by atoms with E-state index < -0.39 is 0 Å². The maximum Gasteiger partial charge on any atom is 0.190 e. The van der Waals surface area contributed by atoms with Crippen LogP contribution in [0.5, 0.6) is 0 Å². The van der Waals surface area contributed by atoms with Crippen LogP contribution in [-0.4, -0.2) is 25.8 Å². The Morgan fingerprint density at radius 3 is 3.00 bits per heavy atom. The minimum absolute atomic E-state index is 0.0813. The summed E-state index contributed by atoms with van der Waals surface area (Å²) < 4.78 is 1.50. The third-order valence-corrected chi connectivity index (χ3v) is 2.13. The van der Waals surface area contributed by atoms with Gasteiger partial charge in [0.15, 0.2) is 5.84 Å². The van der Waals surface area contributed by atoms with Crippen LogP contribution in [0.4, 0.5) is 0 Å². The van der Waals surface area contributed by atoms with E-state index in [0.717, 1.165) is 0 Å². The second-order valence-electron chi connectivity index (χ2n) is 2.96. The molecule has 2 rings (SSSR count). The van der Waals surface area contributed by atoms with Gasteiger partial charge in [-0.25, -0.2) is 4.68 Å². The number of amidine groups is 1. The lowest BCUT2D eigenvalue weighted by molar-refractivity contribution is 0.318. The van der Waals surface area contributed by atoms with E-state index in [0.29, 0.717) is 16.4 Å². The number of pyridine rings is 1. The SMILES string of the molecule is N/C(=N/O)c1ncccc1-n1cc(Cl)cn1. The first-order valence-electron chi connectivity index (χ1n) is 4.36. The van der Waals surface area contributed by atoms with Gasteiger partial charge in [-0.15, -0.1) is 0 Å². The Bertz CT molecular complexity index is 536. The van der Waals surface area contributed by atoms with Gasteiger partial charge in [-0.2, -0.15) is 5.10 Å². The van der Waals surface area contributed by atoms with E-state index in [4.69, 9.17) is 22.5 Å². The summed E-state index contributed by atoms with van der Waals surface area (Å²) in [5.41, 5.74) is 6.43. The first-order valence-corrected chi connectivity index (χ1v) is 4.73. The molecule has 0 aromatic carbocycles. The molecule has 0 saturated heterocycles. The molecule has 0 amide bonds. The standard InChI is InChI=1S/C9H8ClN5O/c10-6-4-13-15(5-6)7-2-1-3-12-8(7)9(11)14-16/h1-5,16H,(H2,11,14). The predicted octanol–water partition coefficient (Wildman–Crippen LogP) is 1.02. The molecule has 0 spiro atoms. The highest BCUT2D eigenvalue weighted by atomic mass is 35.5. The lowest BCUT2D eigenvalue weighted by Crippen LogP contribution is -2.18. The molecule has 0 saturated carbocycles. The molecule has 6 nitrogen and oxygen atoms in total. The molecule has 3 N–H and O–H groups in total. The monoisotopic (exact) mass is 237 g/mol. The number of nitrogens with two attached hydrogens (primary N) is 1. The van der Waals surface area contributed by atoms with Crippen molar-refractivity contribution in [3.8, 4) is 5.69 Å². The van der Waals surface area contributed by atoms with Crippen LogP contribution in [0.1, 0.15) is 5.69 Å². The summed E-state index contributed by atoms with van der Waals surface area (Å²) in [4.78, 5) is 4.02. The number of aromatic nitrogens is 3. The molecule has 0 radical (unpaired) electrons. The van der Waals surface area contributed by atoms with Gasteiger partial charge in [0.05, 0.1) is 16.9 Å². The average molecular weight is 238 g/mol. The van der Waals surface area contributed by atoms with Crippen molar-refractivity contribution < 1.29 is 5.21 Å². The molecule has 16 heavy (non-hydrogen) atoms. The van der Waals surface area contributed by atoms with E-state index in [1.54, 1.807) is 24.5 Å². The summed E-state index contributed by atoms with van der Waals surface area (Å²) in [5, 5.41) is 16.1. The van der Waals surface area contributed by atoms with Gasteiger partial charge in [-0.3, -0.25) is 4.98 Å². The molecule has 0 unspecified atom stereocenters. The van der Waals surface area contributed by atoms with Crippen LogP contribution in [0.15, 0.2) is 35.9 Å². The van der Waals surface area contributed by atoms with E-state index in [-0.39, 0.29) is 5.84 Å². The molecule has 0 fully saturated rings. The third kappa shape index (κ3) is 1.82.